The molecule has 0 saturated carbocycles. The number of aryl methyl sites for hydroxylation is 2. The van der Waals surface area contributed by atoms with E-state index in [2.05, 4.69) is 5.32 Å². The molecule has 1 aromatic heterocycles. The summed E-state index contributed by atoms with van der Waals surface area (Å²) in [4.78, 5) is 24.2. The molecule has 2 aromatic rings. The molecular weight excluding hydrogens is 280 g/mol. The summed E-state index contributed by atoms with van der Waals surface area (Å²) in [7, 11) is 0. The molecule has 1 N–H and O–H groups in total. The number of rotatable bonds is 5. The van der Waals surface area contributed by atoms with Crippen LogP contribution in [0.1, 0.15) is 18.1 Å². The van der Waals surface area contributed by atoms with Crippen LogP contribution < -0.4 is 15.6 Å². The Kier molecular flexibility index (Phi) is 4.99. The molecule has 5 heteroatoms. The van der Waals surface area contributed by atoms with Crippen LogP contribution >= 0.6 is 0 Å². The third-order valence-electron chi connectivity index (χ3n) is 3.26. The molecule has 22 heavy (non-hydrogen) atoms. The number of benzene rings is 1. The van der Waals surface area contributed by atoms with Crippen LogP contribution in [0.2, 0.25) is 0 Å². The Balaban J connectivity index is 2.12. The highest BCUT2D eigenvalue weighted by atomic mass is 16.5. The van der Waals surface area contributed by atoms with E-state index in [1.165, 1.54) is 4.57 Å². The fourth-order valence-corrected chi connectivity index (χ4v) is 2.20. The molecule has 0 aliphatic rings. The molecule has 0 aliphatic carbocycles. The minimum atomic E-state index is -0.305. The van der Waals surface area contributed by atoms with Gasteiger partial charge in [0, 0.05) is 11.9 Å². The molecule has 0 aliphatic heterocycles. The van der Waals surface area contributed by atoms with Crippen LogP contribution in [0.15, 0.2) is 41.3 Å². The lowest BCUT2D eigenvalue weighted by Gasteiger charge is -2.11. The van der Waals surface area contributed by atoms with E-state index in [1.54, 1.807) is 18.3 Å². The van der Waals surface area contributed by atoms with Gasteiger partial charge in [0.1, 0.15) is 6.54 Å². The van der Waals surface area contributed by atoms with E-state index in [0.717, 1.165) is 16.8 Å². The Morgan fingerprint density at radius 3 is 2.73 bits per heavy atom. The van der Waals surface area contributed by atoms with Crippen LogP contribution in [0.5, 0.6) is 5.75 Å². The first-order valence-electron chi connectivity index (χ1n) is 7.20. The van der Waals surface area contributed by atoms with Crippen molar-refractivity contribution in [3.05, 3.63) is 58.0 Å². The Morgan fingerprint density at radius 2 is 2.05 bits per heavy atom. The molecule has 0 spiro atoms. The van der Waals surface area contributed by atoms with E-state index in [-0.39, 0.29) is 23.8 Å². The standard InChI is InChI=1S/C17H20N2O3/c1-4-22-15-6-5-9-19(17(15)21)11-16(20)18-14-8-7-12(2)10-13(14)3/h5-10H,4,11H2,1-3H3,(H,18,20). The van der Waals surface area contributed by atoms with Crippen LogP contribution in [-0.2, 0) is 11.3 Å². The number of carbonyl (C=O) groups is 1. The number of aromatic nitrogens is 1. The zero-order chi connectivity index (χ0) is 16.1. The van der Waals surface area contributed by atoms with E-state index in [1.807, 2.05) is 39.0 Å². The molecule has 0 bridgehead atoms. The molecule has 0 unspecified atom stereocenters. The molecule has 5 nitrogen and oxygen atoms in total. The highest BCUT2D eigenvalue weighted by Crippen LogP contribution is 2.15. The van der Waals surface area contributed by atoms with Gasteiger partial charge in [-0.2, -0.15) is 0 Å². The summed E-state index contributed by atoms with van der Waals surface area (Å²) in [5.74, 6) is 0.00650. The van der Waals surface area contributed by atoms with Gasteiger partial charge in [-0.1, -0.05) is 17.7 Å². The topological polar surface area (TPSA) is 60.3 Å². The number of anilines is 1. The molecule has 2 rings (SSSR count). The third kappa shape index (κ3) is 3.75. The average molecular weight is 300 g/mol. The van der Waals surface area contributed by atoms with Crippen LogP contribution in [0.3, 0.4) is 0 Å². The van der Waals surface area contributed by atoms with E-state index in [9.17, 15) is 9.59 Å². The summed E-state index contributed by atoms with van der Waals surface area (Å²) < 4.78 is 6.58. The fraction of sp³-hybridized carbons (Fsp3) is 0.294. The number of nitrogens with one attached hydrogen (secondary N) is 1. The lowest BCUT2D eigenvalue weighted by Crippen LogP contribution is -2.28. The van der Waals surface area contributed by atoms with E-state index in [0.29, 0.717) is 6.61 Å². The summed E-state index contributed by atoms with van der Waals surface area (Å²) in [6.07, 6.45) is 1.58. The Morgan fingerprint density at radius 1 is 1.27 bits per heavy atom. The van der Waals surface area contributed by atoms with Gasteiger partial charge >= 0.3 is 0 Å². The number of nitrogens with zero attached hydrogens (tertiary/aromatic N) is 1. The zero-order valence-electron chi connectivity index (χ0n) is 13.1. The van der Waals surface area contributed by atoms with Crippen LogP contribution in [-0.4, -0.2) is 17.1 Å². The van der Waals surface area contributed by atoms with Gasteiger partial charge in [0.05, 0.1) is 6.61 Å². The molecule has 0 fully saturated rings. The summed E-state index contributed by atoms with van der Waals surface area (Å²) in [5, 5.41) is 2.83. The van der Waals surface area contributed by atoms with Crippen molar-refractivity contribution >= 4 is 11.6 Å². The number of pyridine rings is 1. The Labute approximate surface area is 129 Å². The van der Waals surface area contributed by atoms with Gasteiger partial charge in [-0.15, -0.1) is 0 Å². The fourth-order valence-electron chi connectivity index (χ4n) is 2.20. The highest BCUT2D eigenvalue weighted by Gasteiger charge is 2.09. The van der Waals surface area contributed by atoms with Crippen molar-refractivity contribution < 1.29 is 9.53 Å². The van der Waals surface area contributed by atoms with Crippen molar-refractivity contribution in [2.24, 2.45) is 0 Å². The average Bonchev–Trinajstić information content (AvgIpc) is 2.46. The van der Waals surface area contributed by atoms with Gasteiger partial charge < -0.3 is 14.6 Å². The molecule has 116 valence electrons. The second-order valence-corrected chi connectivity index (χ2v) is 5.11. The summed E-state index contributed by atoms with van der Waals surface area (Å²) in [5.41, 5.74) is 2.57. The minimum Gasteiger partial charge on any atom is -0.488 e. The SMILES string of the molecule is CCOc1cccn(CC(=O)Nc2ccc(C)cc2C)c1=O. The van der Waals surface area contributed by atoms with Gasteiger partial charge in [0.15, 0.2) is 5.75 Å². The van der Waals surface area contributed by atoms with Crippen molar-refractivity contribution in [2.75, 3.05) is 11.9 Å². The highest BCUT2D eigenvalue weighted by molar-refractivity contribution is 5.91. The van der Waals surface area contributed by atoms with Gasteiger partial charge in [-0.3, -0.25) is 9.59 Å². The summed E-state index contributed by atoms with van der Waals surface area (Å²) in [6.45, 7) is 6.10. The molecule has 0 saturated heterocycles. The van der Waals surface area contributed by atoms with Crippen LogP contribution in [0.4, 0.5) is 5.69 Å². The number of carbonyl (C=O) groups excluding carboxylic acids is 1. The number of hydrogen-bond donors (Lipinski definition) is 1. The maximum absolute atomic E-state index is 12.1. The zero-order valence-corrected chi connectivity index (χ0v) is 13.1. The normalized spacial score (nSPS) is 10.3. The second kappa shape index (κ2) is 6.93. The van der Waals surface area contributed by atoms with E-state index in [4.69, 9.17) is 4.74 Å². The lowest BCUT2D eigenvalue weighted by atomic mass is 10.1. The van der Waals surface area contributed by atoms with Gasteiger partial charge in [-0.25, -0.2) is 0 Å². The number of ether oxygens (including phenoxy) is 1. The molecular formula is C17H20N2O3. The van der Waals surface area contributed by atoms with Gasteiger partial charge in [0.2, 0.25) is 5.91 Å². The monoisotopic (exact) mass is 300 g/mol. The van der Waals surface area contributed by atoms with E-state index >= 15 is 0 Å². The van der Waals surface area contributed by atoms with Gasteiger partial charge in [0.25, 0.3) is 5.56 Å². The van der Waals surface area contributed by atoms with Crippen LogP contribution in [0.25, 0.3) is 0 Å². The predicted molar refractivity (Wildman–Crippen MR) is 86.4 cm³/mol. The van der Waals surface area contributed by atoms with Crippen molar-refractivity contribution in [1.29, 1.82) is 0 Å². The van der Waals surface area contributed by atoms with Crippen molar-refractivity contribution in [2.45, 2.75) is 27.3 Å². The molecule has 1 heterocycles. The summed E-state index contributed by atoms with van der Waals surface area (Å²) >= 11 is 0. The molecule has 0 radical (unpaired) electrons. The Bertz CT molecular complexity index is 735. The largest absolute Gasteiger partial charge is 0.488 e. The molecule has 1 amide bonds. The first-order valence-corrected chi connectivity index (χ1v) is 7.20. The Hall–Kier alpha value is -2.56. The van der Waals surface area contributed by atoms with Crippen molar-refractivity contribution in [1.82, 2.24) is 4.57 Å². The molecule has 1 aromatic carbocycles. The predicted octanol–water partition coefficient (Wildman–Crippen LogP) is 2.50. The quantitative estimate of drug-likeness (QED) is 0.923. The maximum Gasteiger partial charge on any atom is 0.293 e. The first-order chi connectivity index (χ1) is 10.5. The van der Waals surface area contributed by atoms with Gasteiger partial charge in [-0.05, 0) is 44.5 Å². The first kappa shape index (κ1) is 15.8. The molecule has 0 atom stereocenters. The third-order valence-corrected chi connectivity index (χ3v) is 3.26. The number of hydrogen-bond acceptors (Lipinski definition) is 3. The second-order valence-electron chi connectivity index (χ2n) is 5.11. The van der Waals surface area contributed by atoms with Crippen molar-refractivity contribution in [3.63, 3.8) is 0 Å². The van der Waals surface area contributed by atoms with Crippen LogP contribution in [0, 0.1) is 13.8 Å². The number of amides is 1. The van der Waals surface area contributed by atoms with Crippen molar-refractivity contribution in [3.8, 4) is 5.75 Å². The minimum absolute atomic E-state index is 0.0485. The lowest BCUT2D eigenvalue weighted by molar-refractivity contribution is -0.116. The summed E-state index contributed by atoms with van der Waals surface area (Å²) in [6, 6.07) is 9.09. The smallest absolute Gasteiger partial charge is 0.293 e. The van der Waals surface area contributed by atoms with E-state index < -0.39 is 0 Å². The maximum atomic E-state index is 12.1.